The molecule has 2 N–H and O–H groups in total. The van der Waals surface area contributed by atoms with Crippen LogP contribution in [0.4, 0.5) is 0 Å². The van der Waals surface area contributed by atoms with Crippen LogP contribution in [0.3, 0.4) is 0 Å². The first-order chi connectivity index (χ1) is 10.7. The SMILES string of the molecule is O=C(NN=Cc1ccc2cccc(O)c2n1)c1ccccc1. The Hall–Kier alpha value is -3.21. The summed E-state index contributed by atoms with van der Waals surface area (Å²) in [5, 5.41) is 14.5. The summed E-state index contributed by atoms with van der Waals surface area (Å²) in [5.41, 5.74) is 4.01. The van der Waals surface area contributed by atoms with E-state index in [1.807, 2.05) is 18.2 Å². The highest BCUT2D eigenvalue weighted by Crippen LogP contribution is 2.21. The molecule has 0 aliphatic carbocycles. The first-order valence-corrected chi connectivity index (χ1v) is 6.71. The maximum absolute atomic E-state index is 11.8. The summed E-state index contributed by atoms with van der Waals surface area (Å²) < 4.78 is 0. The Morgan fingerprint density at radius 1 is 1.05 bits per heavy atom. The van der Waals surface area contributed by atoms with E-state index in [-0.39, 0.29) is 11.7 Å². The third kappa shape index (κ3) is 2.93. The molecule has 0 unspecified atom stereocenters. The van der Waals surface area contributed by atoms with Crippen LogP contribution in [-0.4, -0.2) is 22.2 Å². The van der Waals surface area contributed by atoms with E-state index in [0.717, 1.165) is 5.39 Å². The number of carbonyl (C=O) groups is 1. The lowest BCUT2D eigenvalue weighted by Gasteiger charge is -2.01. The van der Waals surface area contributed by atoms with E-state index in [1.54, 1.807) is 42.5 Å². The van der Waals surface area contributed by atoms with E-state index in [2.05, 4.69) is 15.5 Å². The number of phenolic OH excluding ortho intramolecular Hbond substituents is 1. The van der Waals surface area contributed by atoms with Crippen LogP contribution in [-0.2, 0) is 0 Å². The van der Waals surface area contributed by atoms with Gasteiger partial charge in [-0.25, -0.2) is 10.4 Å². The normalized spacial score (nSPS) is 10.9. The van der Waals surface area contributed by atoms with Gasteiger partial charge in [-0.2, -0.15) is 5.10 Å². The molecule has 3 rings (SSSR count). The van der Waals surface area contributed by atoms with Gasteiger partial charge in [0.1, 0.15) is 11.3 Å². The molecule has 5 heteroatoms. The summed E-state index contributed by atoms with van der Waals surface area (Å²) in [6.07, 6.45) is 1.44. The molecule has 0 atom stereocenters. The van der Waals surface area contributed by atoms with Gasteiger partial charge in [0.05, 0.1) is 11.9 Å². The van der Waals surface area contributed by atoms with Crippen LogP contribution in [0, 0.1) is 0 Å². The molecule has 1 aromatic heterocycles. The summed E-state index contributed by atoms with van der Waals surface area (Å²) >= 11 is 0. The van der Waals surface area contributed by atoms with Gasteiger partial charge in [-0.1, -0.05) is 36.4 Å². The van der Waals surface area contributed by atoms with Crippen LogP contribution < -0.4 is 5.43 Å². The van der Waals surface area contributed by atoms with Crippen molar-refractivity contribution in [3.8, 4) is 5.75 Å². The topological polar surface area (TPSA) is 74.6 Å². The van der Waals surface area contributed by atoms with Gasteiger partial charge in [-0.15, -0.1) is 0 Å². The second-order valence-corrected chi connectivity index (χ2v) is 4.65. The van der Waals surface area contributed by atoms with Crippen molar-refractivity contribution < 1.29 is 9.90 Å². The molecule has 0 fully saturated rings. The minimum atomic E-state index is -0.291. The number of hydrazone groups is 1. The Balaban J connectivity index is 1.76. The summed E-state index contributed by atoms with van der Waals surface area (Å²) in [5.74, 6) is -0.179. The highest BCUT2D eigenvalue weighted by atomic mass is 16.3. The molecule has 0 aliphatic heterocycles. The van der Waals surface area contributed by atoms with E-state index in [1.165, 1.54) is 6.21 Å². The zero-order chi connectivity index (χ0) is 15.4. The number of aromatic hydroxyl groups is 1. The highest BCUT2D eigenvalue weighted by Gasteiger charge is 2.03. The fourth-order valence-corrected chi connectivity index (χ4v) is 2.03. The molecule has 1 amide bonds. The van der Waals surface area contributed by atoms with Crippen molar-refractivity contribution in [2.75, 3.05) is 0 Å². The second kappa shape index (κ2) is 6.05. The number of carbonyl (C=O) groups excluding carboxylic acids is 1. The zero-order valence-corrected chi connectivity index (χ0v) is 11.6. The lowest BCUT2D eigenvalue weighted by atomic mass is 10.2. The molecule has 5 nitrogen and oxygen atoms in total. The number of phenols is 1. The number of pyridine rings is 1. The van der Waals surface area contributed by atoms with Crippen LogP contribution in [0.1, 0.15) is 16.1 Å². The molecule has 1 heterocycles. The number of para-hydroxylation sites is 1. The molecule has 0 spiro atoms. The average molecular weight is 291 g/mol. The number of hydrogen-bond donors (Lipinski definition) is 2. The van der Waals surface area contributed by atoms with Crippen LogP contribution >= 0.6 is 0 Å². The monoisotopic (exact) mass is 291 g/mol. The Labute approximate surface area is 126 Å². The third-order valence-electron chi connectivity index (χ3n) is 3.12. The Morgan fingerprint density at radius 2 is 1.86 bits per heavy atom. The summed E-state index contributed by atoms with van der Waals surface area (Å²) in [6.45, 7) is 0. The van der Waals surface area contributed by atoms with Crippen molar-refractivity contribution in [1.29, 1.82) is 0 Å². The van der Waals surface area contributed by atoms with Crippen molar-refractivity contribution >= 4 is 23.0 Å². The minimum Gasteiger partial charge on any atom is -0.506 e. The number of hydrogen-bond acceptors (Lipinski definition) is 4. The standard InChI is InChI=1S/C17H13N3O2/c21-15-8-4-7-12-9-10-14(19-16(12)15)11-18-20-17(22)13-5-2-1-3-6-13/h1-11,21H,(H,20,22). The lowest BCUT2D eigenvalue weighted by molar-refractivity contribution is 0.0955. The van der Waals surface area contributed by atoms with Crippen LogP contribution in [0.15, 0.2) is 65.8 Å². The van der Waals surface area contributed by atoms with Gasteiger partial charge in [0.15, 0.2) is 0 Å². The molecule has 0 bridgehead atoms. The predicted octanol–water partition coefficient (Wildman–Crippen LogP) is 2.70. The Kier molecular flexibility index (Phi) is 3.78. The van der Waals surface area contributed by atoms with Gasteiger partial charge in [-0.3, -0.25) is 4.79 Å². The average Bonchev–Trinajstić information content (AvgIpc) is 2.56. The van der Waals surface area contributed by atoms with Crippen molar-refractivity contribution in [1.82, 2.24) is 10.4 Å². The van der Waals surface area contributed by atoms with Crippen molar-refractivity contribution in [3.63, 3.8) is 0 Å². The van der Waals surface area contributed by atoms with E-state index in [0.29, 0.717) is 16.8 Å². The van der Waals surface area contributed by atoms with Crippen molar-refractivity contribution in [2.45, 2.75) is 0 Å². The van der Waals surface area contributed by atoms with Crippen molar-refractivity contribution in [3.05, 3.63) is 71.9 Å². The minimum absolute atomic E-state index is 0.112. The zero-order valence-electron chi connectivity index (χ0n) is 11.6. The van der Waals surface area contributed by atoms with Crippen molar-refractivity contribution in [2.24, 2.45) is 5.10 Å². The third-order valence-corrected chi connectivity index (χ3v) is 3.12. The largest absolute Gasteiger partial charge is 0.506 e. The Bertz CT molecular complexity index is 845. The maximum Gasteiger partial charge on any atom is 0.271 e. The van der Waals surface area contributed by atoms with Crippen LogP contribution in [0.5, 0.6) is 5.75 Å². The lowest BCUT2D eigenvalue weighted by Crippen LogP contribution is -2.17. The molecule has 0 aliphatic rings. The maximum atomic E-state index is 11.8. The van der Waals surface area contributed by atoms with Gasteiger partial charge >= 0.3 is 0 Å². The molecule has 22 heavy (non-hydrogen) atoms. The van der Waals surface area contributed by atoms with Gasteiger partial charge in [0, 0.05) is 10.9 Å². The molecule has 2 aromatic carbocycles. The number of aromatic nitrogens is 1. The van der Waals surface area contributed by atoms with E-state index < -0.39 is 0 Å². The van der Waals surface area contributed by atoms with Gasteiger partial charge < -0.3 is 5.11 Å². The van der Waals surface area contributed by atoms with Gasteiger partial charge in [0.25, 0.3) is 5.91 Å². The summed E-state index contributed by atoms with van der Waals surface area (Å²) in [7, 11) is 0. The smallest absolute Gasteiger partial charge is 0.271 e. The molecule has 108 valence electrons. The fraction of sp³-hybridized carbons (Fsp3) is 0. The number of nitrogens with zero attached hydrogens (tertiary/aromatic N) is 2. The first kappa shape index (κ1) is 13.8. The Morgan fingerprint density at radius 3 is 2.68 bits per heavy atom. The van der Waals surface area contributed by atoms with Gasteiger partial charge in [-0.05, 0) is 24.3 Å². The fourth-order valence-electron chi connectivity index (χ4n) is 2.03. The van der Waals surface area contributed by atoms with E-state index >= 15 is 0 Å². The summed E-state index contributed by atoms with van der Waals surface area (Å²) in [4.78, 5) is 16.1. The molecule has 0 saturated carbocycles. The molecule has 0 saturated heterocycles. The van der Waals surface area contributed by atoms with Crippen LogP contribution in [0.25, 0.3) is 10.9 Å². The number of benzene rings is 2. The van der Waals surface area contributed by atoms with Crippen LogP contribution in [0.2, 0.25) is 0 Å². The molecule has 3 aromatic rings. The predicted molar refractivity (Wildman–Crippen MR) is 84.9 cm³/mol. The quantitative estimate of drug-likeness (QED) is 0.575. The number of rotatable bonds is 3. The number of nitrogens with one attached hydrogen (secondary N) is 1. The highest BCUT2D eigenvalue weighted by molar-refractivity contribution is 5.95. The molecule has 0 radical (unpaired) electrons. The van der Waals surface area contributed by atoms with E-state index in [9.17, 15) is 9.90 Å². The first-order valence-electron chi connectivity index (χ1n) is 6.71. The second-order valence-electron chi connectivity index (χ2n) is 4.65. The molecular formula is C17H13N3O2. The summed E-state index contributed by atoms with van der Waals surface area (Å²) in [6, 6.07) is 17.6. The number of fused-ring (bicyclic) bond motifs is 1. The van der Waals surface area contributed by atoms with E-state index in [4.69, 9.17) is 0 Å². The van der Waals surface area contributed by atoms with Gasteiger partial charge in [0.2, 0.25) is 0 Å². The number of amides is 1. The molecular weight excluding hydrogens is 278 g/mol.